The highest BCUT2D eigenvalue weighted by molar-refractivity contribution is 5.93. The lowest BCUT2D eigenvalue weighted by Gasteiger charge is -2.32. The molecule has 24 heavy (non-hydrogen) atoms. The molecule has 0 aromatic rings. The predicted octanol–water partition coefficient (Wildman–Crippen LogP) is 3.31. The quantitative estimate of drug-likeness (QED) is 0.438. The second-order valence-corrected chi connectivity index (χ2v) is 8.12. The van der Waals surface area contributed by atoms with Gasteiger partial charge in [-0.15, -0.1) is 0 Å². The van der Waals surface area contributed by atoms with E-state index in [-0.39, 0.29) is 12.0 Å². The lowest BCUT2D eigenvalue weighted by Crippen LogP contribution is -2.41. The third-order valence-corrected chi connectivity index (χ3v) is 3.50. The van der Waals surface area contributed by atoms with E-state index in [2.05, 4.69) is 0 Å². The minimum Gasteiger partial charge on any atom is -0.444 e. The van der Waals surface area contributed by atoms with Gasteiger partial charge >= 0.3 is 18.0 Å². The second kappa shape index (κ2) is 7.81. The first-order valence-corrected chi connectivity index (χ1v) is 8.31. The van der Waals surface area contributed by atoms with Gasteiger partial charge in [-0.1, -0.05) is 6.08 Å². The summed E-state index contributed by atoms with van der Waals surface area (Å²) in [5.74, 6) is -1.01. The Balaban J connectivity index is 2.42. The number of allylic oxidation sites excluding steroid dienone is 1. The molecule has 1 fully saturated rings. The second-order valence-electron chi connectivity index (χ2n) is 8.12. The molecule has 1 rings (SSSR count). The molecule has 0 spiro atoms. The first-order valence-electron chi connectivity index (χ1n) is 8.31. The maximum Gasteiger partial charge on any atom is 0.410 e. The van der Waals surface area contributed by atoms with E-state index in [1.165, 1.54) is 6.08 Å². The van der Waals surface area contributed by atoms with Crippen molar-refractivity contribution in [1.29, 1.82) is 0 Å². The Morgan fingerprint density at radius 2 is 1.54 bits per heavy atom. The van der Waals surface area contributed by atoms with Crippen molar-refractivity contribution in [2.24, 2.45) is 11.3 Å². The lowest BCUT2D eigenvalue weighted by atomic mass is 9.96. The average molecular weight is 339 g/mol. The highest BCUT2D eigenvalue weighted by Crippen LogP contribution is 2.21. The Morgan fingerprint density at radius 3 is 2.00 bits per heavy atom. The van der Waals surface area contributed by atoms with Gasteiger partial charge in [0.15, 0.2) is 0 Å². The summed E-state index contributed by atoms with van der Waals surface area (Å²) < 4.78 is 10.1. The van der Waals surface area contributed by atoms with Gasteiger partial charge in [0.25, 0.3) is 0 Å². The van der Waals surface area contributed by atoms with E-state index in [1.807, 2.05) is 20.8 Å². The van der Waals surface area contributed by atoms with Gasteiger partial charge in [0.1, 0.15) is 5.60 Å². The van der Waals surface area contributed by atoms with E-state index in [0.717, 1.165) is 12.8 Å². The summed E-state index contributed by atoms with van der Waals surface area (Å²) >= 11 is 0. The molecule has 0 saturated carbocycles. The Bertz CT molecular complexity index is 502. The van der Waals surface area contributed by atoms with Crippen LogP contribution in [0.4, 0.5) is 4.79 Å². The summed E-state index contributed by atoms with van der Waals surface area (Å²) in [6, 6.07) is 0. The minimum atomic E-state index is -0.706. The van der Waals surface area contributed by atoms with Crippen LogP contribution in [0.25, 0.3) is 0 Å². The molecule has 0 radical (unpaired) electrons. The van der Waals surface area contributed by atoms with E-state index in [4.69, 9.17) is 9.47 Å². The van der Waals surface area contributed by atoms with Crippen LogP contribution < -0.4 is 0 Å². The third kappa shape index (κ3) is 7.15. The fraction of sp³-hybridized carbons (Fsp3) is 0.722. The number of likely N-dealkylation sites (tertiary alicyclic amines) is 1. The van der Waals surface area contributed by atoms with Crippen molar-refractivity contribution in [3.05, 3.63) is 12.2 Å². The van der Waals surface area contributed by atoms with Crippen molar-refractivity contribution in [2.75, 3.05) is 13.1 Å². The largest absolute Gasteiger partial charge is 0.444 e. The van der Waals surface area contributed by atoms with Crippen LogP contribution in [0.15, 0.2) is 12.2 Å². The van der Waals surface area contributed by atoms with Crippen LogP contribution in [0.3, 0.4) is 0 Å². The molecule has 0 aromatic carbocycles. The van der Waals surface area contributed by atoms with E-state index in [9.17, 15) is 14.4 Å². The monoisotopic (exact) mass is 339 g/mol. The zero-order valence-corrected chi connectivity index (χ0v) is 15.5. The minimum absolute atomic E-state index is 0.181. The smallest absolute Gasteiger partial charge is 0.410 e. The number of amides is 1. The van der Waals surface area contributed by atoms with Gasteiger partial charge in [-0.05, 0) is 60.3 Å². The van der Waals surface area contributed by atoms with E-state index >= 15 is 0 Å². The molecule has 0 atom stereocenters. The molecule has 1 heterocycles. The summed E-state index contributed by atoms with van der Waals surface area (Å²) in [6.45, 7) is 11.8. The van der Waals surface area contributed by atoms with Crippen molar-refractivity contribution < 1.29 is 23.9 Å². The molecule has 1 aliphatic rings. The van der Waals surface area contributed by atoms with Crippen molar-refractivity contribution in [2.45, 2.75) is 60.0 Å². The molecule has 1 saturated heterocycles. The Kier molecular flexibility index (Phi) is 6.58. The van der Waals surface area contributed by atoms with Gasteiger partial charge in [-0.2, -0.15) is 0 Å². The zero-order valence-electron chi connectivity index (χ0n) is 15.5. The highest BCUT2D eigenvalue weighted by Gasteiger charge is 2.27. The fourth-order valence-electron chi connectivity index (χ4n) is 2.09. The van der Waals surface area contributed by atoms with Crippen LogP contribution in [0.1, 0.15) is 54.4 Å². The SMILES string of the molecule is CC(C)(C)OC(=O)N1CCC(/C=C/C(=O)OC(=O)C(C)(C)C)CC1. The highest BCUT2D eigenvalue weighted by atomic mass is 16.6. The van der Waals surface area contributed by atoms with Crippen molar-refractivity contribution in [3.8, 4) is 0 Å². The average Bonchev–Trinajstić information content (AvgIpc) is 2.42. The molecule has 136 valence electrons. The fourth-order valence-corrected chi connectivity index (χ4v) is 2.09. The molecule has 1 amide bonds. The number of ether oxygens (including phenoxy) is 2. The van der Waals surface area contributed by atoms with Crippen LogP contribution in [0, 0.1) is 11.3 Å². The summed E-state index contributed by atoms with van der Waals surface area (Å²) in [5.41, 5.74) is -1.21. The van der Waals surface area contributed by atoms with Crippen LogP contribution in [-0.4, -0.2) is 41.6 Å². The number of hydrogen-bond acceptors (Lipinski definition) is 5. The number of carbonyl (C=O) groups excluding carboxylic acids is 3. The molecule has 0 unspecified atom stereocenters. The molecule has 6 heteroatoms. The molecule has 0 aliphatic carbocycles. The van der Waals surface area contributed by atoms with Crippen LogP contribution in [0.5, 0.6) is 0 Å². The maximum atomic E-state index is 12.0. The lowest BCUT2D eigenvalue weighted by molar-refractivity contribution is -0.162. The Hall–Kier alpha value is -1.85. The topological polar surface area (TPSA) is 72.9 Å². The number of carbonyl (C=O) groups is 3. The van der Waals surface area contributed by atoms with Crippen molar-refractivity contribution in [1.82, 2.24) is 4.90 Å². The van der Waals surface area contributed by atoms with E-state index < -0.39 is 23.0 Å². The number of esters is 2. The molecule has 0 bridgehead atoms. The Labute approximate surface area is 144 Å². The van der Waals surface area contributed by atoms with Gasteiger partial charge in [-0.25, -0.2) is 9.59 Å². The van der Waals surface area contributed by atoms with Crippen molar-refractivity contribution >= 4 is 18.0 Å². The van der Waals surface area contributed by atoms with Gasteiger partial charge in [0, 0.05) is 19.2 Å². The Morgan fingerprint density at radius 1 is 1.00 bits per heavy atom. The summed E-state index contributed by atoms with van der Waals surface area (Å²) in [7, 11) is 0. The molecule has 0 aromatic heterocycles. The van der Waals surface area contributed by atoms with Gasteiger partial charge in [-0.3, -0.25) is 4.79 Å². The molecular weight excluding hydrogens is 310 g/mol. The molecular formula is C18H29NO5. The number of hydrogen-bond donors (Lipinski definition) is 0. The van der Waals surface area contributed by atoms with Gasteiger partial charge in [0.2, 0.25) is 0 Å². The van der Waals surface area contributed by atoms with Crippen LogP contribution in [0.2, 0.25) is 0 Å². The number of nitrogens with zero attached hydrogens (tertiary/aromatic N) is 1. The first kappa shape index (κ1) is 20.2. The van der Waals surface area contributed by atoms with Crippen molar-refractivity contribution in [3.63, 3.8) is 0 Å². The molecule has 1 aliphatic heterocycles. The summed E-state index contributed by atoms with van der Waals surface area (Å²) in [5, 5.41) is 0. The summed E-state index contributed by atoms with van der Waals surface area (Å²) in [4.78, 5) is 36.9. The van der Waals surface area contributed by atoms with Crippen LogP contribution in [-0.2, 0) is 19.1 Å². The van der Waals surface area contributed by atoms with Gasteiger partial charge < -0.3 is 14.4 Å². The normalized spacial score (nSPS) is 17.0. The molecule has 0 N–H and O–H groups in total. The maximum absolute atomic E-state index is 12.0. The van der Waals surface area contributed by atoms with E-state index in [1.54, 1.807) is 31.7 Å². The summed E-state index contributed by atoms with van der Waals surface area (Å²) in [6.07, 6.45) is 4.24. The van der Waals surface area contributed by atoms with Gasteiger partial charge in [0.05, 0.1) is 5.41 Å². The zero-order chi connectivity index (χ0) is 18.5. The van der Waals surface area contributed by atoms with Crippen LogP contribution >= 0.6 is 0 Å². The third-order valence-electron chi connectivity index (χ3n) is 3.50. The standard InChI is InChI=1S/C18H29NO5/c1-17(2,3)15(21)23-14(20)8-7-13-9-11-19(12-10-13)16(22)24-18(4,5)6/h7-8,13H,9-12H2,1-6H3/b8-7+. The van der Waals surface area contributed by atoms with E-state index in [0.29, 0.717) is 13.1 Å². The predicted molar refractivity (Wildman–Crippen MR) is 90.2 cm³/mol. The first-order chi connectivity index (χ1) is 10.9. The molecule has 6 nitrogen and oxygen atoms in total. The number of rotatable bonds is 2. The number of piperidine rings is 1.